The minimum Gasteiger partial charge on any atom is -0.497 e. The van der Waals surface area contributed by atoms with Crippen LogP contribution in [0.1, 0.15) is 5.56 Å². The maximum absolute atomic E-state index is 13.6. The van der Waals surface area contributed by atoms with Crippen LogP contribution < -0.4 is 4.74 Å². The number of hydrogen-bond acceptors (Lipinski definition) is 2. The second-order valence-corrected chi connectivity index (χ2v) is 3.19. The number of nitrogens with zero attached hydrogens (tertiary/aromatic N) is 2. The lowest BCUT2D eigenvalue weighted by atomic mass is 10.2. The lowest BCUT2D eigenvalue weighted by Gasteiger charge is -2.00. The zero-order chi connectivity index (χ0) is 11.4. The van der Waals surface area contributed by atoms with Crippen molar-refractivity contribution in [2.45, 2.75) is 0 Å². The molecule has 0 unspecified atom stereocenters. The van der Waals surface area contributed by atoms with E-state index in [1.165, 1.54) is 17.0 Å². The van der Waals surface area contributed by atoms with Gasteiger partial charge in [0.1, 0.15) is 5.75 Å². The van der Waals surface area contributed by atoms with Crippen molar-refractivity contribution in [3.05, 3.63) is 48.3 Å². The molecule has 2 rings (SSSR count). The second kappa shape index (κ2) is 4.61. The van der Waals surface area contributed by atoms with Crippen molar-refractivity contribution in [2.24, 2.45) is 0 Å². The molecule has 0 aliphatic carbocycles. The molecule has 4 heteroatoms. The van der Waals surface area contributed by atoms with Crippen molar-refractivity contribution in [2.75, 3.05) is 7.11 Å². The van der Waals surface area contributed by atoms with E-state index in [4.69, 9.17) is 4.74 Å². The maximum atomic E-state index is 13.6. The van der Waals surface area contributed by atoms with Gasteiger partial charge in [-0.15, -0.1) is 0 Å². The summed E-state index contributed by atoms with van der Waals surface area (Å²) >= 11 is 0. The Morgan fingerprint density at radius 3 is 2.69 bits per heavy atom. The molecule has 1 aromatic carbocycles. The van der Waals surface area contributed by atoms with Crippen molar-refractivity contribution >= 4 is 12.0 Å². The van der Waals surface area contributed by atoms with Gasteiger partial charge in [-0.1, -0.05) is 12.1 Å². The molecule has 3 nitrogen and oxygen atoms in total. The third kappa shape index (κ3) is 2.28. The fourth-order valence-corrected chi connectivity index (χ4v) is 1.30. The van der Waals surface area contributed by atoms with Crippen LogP contribution in [-0.2, 0) is 0 Å². The molecule has 82 valence electrons. The van der Waals surface area contributed by atoms with Crippen LogP contribution in [0.3, 0.4) is 0 Å². The number of halogens is 1. The first-order valence-electron chi connectivity index (χ1n) is 4.81. The third-order valence-electron chi connectivity index (χ3n) is 2.12. The Hall–Kier alpha value is -2.10. The molecule has 0 bridgehead atoms. The van der Waals surface area contributed by atoms with E-state index in [1.807, 2.05) is 0 Å². The monoisotopic (exact) mass is 218 g/mol. The van der Waals surface area contributed by atoms with Crippen molar-refractivity contribution < 1.29 is 9.13 Å². The number of aromatic nitrogens is 2. The summed E-state index contributed by atoms with van der Waals surface area (Å²) in [5, 5.41) is 3.79. The lowest BCUT2D eigenvalue weighted by molar-refractivity contribution is 0.415. The molecule has 0 N–H and O–H groups in total. The molecule has 0 atom stereocenters. The van der Waals surface area contributed by atoms with E-state index in [-0.39, 0.29) is 0 Å². The van der Waals surface area contributed by atoms with Crippen LogP contribution in [0.25, 0.3) is 12.0 Å². The Balaban J connectivity index is 2.22. The highest BCUT2D eigenvalue weighted by molar-refractivity contribution is 5.66. The highest BCUT2D eigenvalue weighted by atomic mass is 19.1. The van der Waals surface area contributed by atoms with Gasteiger partial charge in [0.25, 0.3) is 0 Å². The minimum atomic E-state index is -0.421. The number of rotatable bonds is 3. The van der Waals surface area contributed by atoms with E-state index in [0.717, 1.165) is 11.3 Å². The van der Waals surface area contributed by atoms with E-state index in [9.17, 15) is 4.39 Å². The fraction of sp³-hybridized carbons (Fsp3) is 0.0833. The molecule has 0 aliphatic rings. The summed E-state index contributed by atoms with van der Waals surface area (Å²) in [4.78, 5) is 0. The molecule has 0 amide bonds. The zero-order valence-corrected chi connectivity index (χ0v) is 8.80. The summed E-state index contributed by atoms with van der Waals surface area (Å²) < 4.78 is 19.8. The van der Waals surface area contributed by atoms with Gasteiger partial charge in [0, 0.05) is 18.5 Å². The molecule has 0 aliphatic heterocycles. The Morgan fingerprint density at radius 2 is 2.12 bits per heavy atom. The largest absolute Gasteiger partial charge is 0.497 e. The molecule has 0 radical (unpaired) electrons. The van der Waals surface area contributed by atoms with Crippen LogP contribution >= 0.6 is 0 Å². The van der Waals surface area contributed by atoms with Gasteiger partial charge in [-0.2, -0.15) is 9.49 Å². The molecule has 0 spiro atoms. The number of methoxy groups -OCH3 is 1. The Bertz CT molecular complexity index is 474. The first-order chi connectivity index (χ1) is 7.79. The summed E-state index contributed by atoms with van der Waals surface area (Å²) in [6.45, 7) is 0. The van der Waals surface area contributed by atoms with E-state index in [1.54, 1.807) is 43.6 Å². The Kier molecular flexibility index (Phi) is 3.00. The Labute approximate surface area is 92.8 Å². The average molecular weight is 218 g/mol. The van der Waals surface area contributed by atoms with Crippen LogP contribution in [0.4, 0.5) is 4.39 Å². The van der Waals surface area contributed by atoms with Gasteiger partial charge >= 0.3 is 0 Å². The first kappa shape index (κ1) is 10.4. The molecule has 0 fully saturated rings. The lowest BCUT2D eigenvalue weighted by Crippen LogP contribution is -1.91. The molecular weight excluding hydrogens is 207 g/mol. The number of ether oxygens (including phenoxy) is 1. The predicted molar refractivity (Wildman–Crippen MR) is 60.5 cm³/mol. The molecule has 2 aromatic rings. The van der Waals surface area contributed by atoms with Gasteiger partial charge < -0.3 is 4.74 Å². The van der Waals surface area contributed by atoms with Crippen LogP contribution in [0.15, 0.2) is 42.7 Å². The summed E-state index contributed by atoms with van der Waals surface area (Å²) in [6, 6.07) is 8.79. The van der Waals surface area contributed by atoms with Crippen molar-refractivity contribution in [3.8, 4) is 5.75 Å². The zero-order valence-electron chi connectivity index (χ0n) is 8.80. The highest BCUT2D eigenvalue weighted by Crippen LogP contribution is 2.15. The predicted octanol–water partition coefficient (Wildman–Crippen LogP) is 2.82. The molecule has 0 saturated heterocycles. The highest BCUT2D eigenvalue weighted by Gasteiger charge is 1.98. The first-order valence-corrected chi connectivity index (χ1v) is 4.81. The van der Waals surface area contributed by atoms with Gasteiger partial charge in [-0.3, -0.25) is 0 Å². The van der Waals surface area contributed by atoms with Gasteiger partial charge in [0.2, 0.25) is 5.95 Å². The van der Waals surface area contributed by atoms with Crippen LogP contribution in [-0.4, -0.2) is 16.9 Å². The average Bonchev–Trinajstić information content (AvgIpc) is 2.83. The SMILES string of the molecule is COc1ccc(/C=C(\F)n2cccn2)cc1. The topological polar surface area (TPSA) is 27.1 Å². The summed E-state index contributed by atoms with van der Waals surface area (Å²) in [5.41, 5.74) is 0.758. The molecule has 1 aromatic heterocycles. The second-order valence-electron chi connectivity index (χ2n) is 3.19. The summed E-state index contributed by atoms with van der Waals surface area (Å²) in [7, 11) is 1.59. The standard InChI is InChI=1S/C12H11FN2O/c1-16-11-5-3-10(4-6-11)9-12(13)15-8-2-7-14-15/h2-9H,1H3/b12-9+. The van der Waals surface area contributed by atoms with E-state index in [2.05, 4.69) is 5.10 Å². The number of benzene rings is 1. The van der Waals surface area contributed by atoms with E-state index >= 15 is 0 Å². The van der Waals surface area contributed by atoms with E-state index in [0.29, 0.717) is 0 Å². The quantitative estimate of drug-likeness (QED) is 0.792. The van der Waals surface area contributed by atoms with Gasteiger partial charge in [0.15, 0.2) is 0 Å². The van der Waals surface area contributed by atoms with Crippen molar-refractivity contribution in [1.29, 1.82) is 0 Å². The minimum absolute atomic E-state index is 0.421. The van der Waals surface area contributed by atoms with Crippen molar-refractivity contribution in [3.63, 3.8) is 0 Å². The van der Waals surface area contributed by atoms with Gasteiger partial charge in [-0.25, -0.2) is 4.68 Å². The molecule has 1 heterocycles. The summed E-state index contributed by atoms with van der Waals surface area (Å²) in [6.07, 6.45) is 4.49. The van der Waals surface area contributed by atoms with E-state index < -0.39 is 5.95 Å². The molecule has 0 saturated carbocycles. The van der Waals surface area contributed by atoms with Gasteiger partial charge in [0.05, 0.1) is 7.11 Å². The van der Waals surface area contributed by atoms with Gasteiger partial charge in [-0.05, 0) is 23.8 Å². The third-order valence-corrected chi connectivity index (χ3v) is 2.12. The number of hydrogen-bond donors (Lipinski definition) is 0. The maximum Gasteiger partial charge on any atom is 0.214 e. The molecule has 16 heavy (non-hydrogen) atoms. The summed E-state index contributed by atoms with van der Waals surface area (Å²) in [5.74, 6) is 0.326. The normalized spacial score (nSPS) is 11.5. The van der Waals surface area contributed by atoms with Crippen LogP contribution in [0.5, 0.6) is 5.75 Å². The fourth-order valence-electron chi connectivity index (χ4n) is 1.30. The van der Waals surface area contributed by atoms with Crippen LogP contribution in [0.2, 0.25) is 0 Å². The smallest absolute Gasteiger partial charge is 0.214 e. The van der Waals surface area contributed by atoms with Crippen LogP contribution in [0, 0.1) is 0 Å². The Morgan fingerprint density at radius 1 is 1.38 bits per heavy atom. The molecular formula is C12H11FN2O. The van der Waals surface area contributed by atoms with Crippen molar-refractivity contribution in [1.82, 2.24) is 9.78 Å².